The summed E-state index contributed by atoms with van der Waals surface area (Å²) in [7, 11) is 0. The zero-order valence-corrected chi connectivity index (χ0v) is 12.3. The first-order valence-electron chi connectivity index (χ1n) is 5.28. The van der Waals surface area contributed by atoms with E-state index in [0.717, 1.165) is 31.6 Å². The van der Waals surface area contributed by atoms with E-state index in [1.165, 1.54) is 0 Å². The first-order valence-corrected chi connectivity index (χ1v) is 5.28. The molecule has 0 atom stereocenters. The lowest BCUT2D eigenvalue weighted by Crippen LogP contribution is -2.35. The zero-order chi connectivity index (χ0) is 10.5. The number of hydrogen-bond donors (Lipinski definition) is 2. The van der Waals surface area contributed by atoms with Gasteiger partial charge in [-0.3, -0.25) is 0 Å². The van der Waals surface area contributed by atoms with Crippen molar-refractivity contribution in [1.82, 2.24) is 10.3 Å². The maximum absolute atomic E-state index is 5.24. The van der Waals surface area contributed by atoms with Gasteiger partial charge in [0.2, 0.25) is 0 Å². The highest BCUT2D eigenvalue weighted by Gasteiger charge is 2.12. The van der Waals surface area contributed by atoms with Crippen LogP contribution in [0.15, 0.2) is 18.3 Å². The van der Waals surface area contributed by atoms with Crippen LogP contribution in [0, 0.1) is 12.3 Å². The Morgan fingerprint density at radius 1 is 1.22 bits per heavy atom. The van der Waals surface area contributed by atoms with E-state index in [4.69, 9.17) is 6.42 Å². The lowest BCUT2D eigenvalue weighted by atomic mass is 10.1. The molecule has 2 rings (SSSR count). The van der Waals surface area contributed by atoms with Gasteiger partial charge in [0.05, 0.1) is 11.9 Å². The fourth-order valence-corrected chi connectivity index (χ4v) is 1.77. The number of nitrogens with zero attached hydrogens (tertiary/aromatic N) is 1. The molecule has 0 aliphatic carbocycles. The average molecular weight is 311 g/mol. The van der Waals surface area contributed by atoms with Crippen molar-refractivity contribution < 1.29 is 0 Å². The van der Waals surface area contributed by atoms with Gasteiger partial charge in [0, 0.05) is 6.04 Å². The van der Waals surface area contributed by atoms with E-state index in [2.05, 4.69) is 21.5 Å². The van der Waals surface area contributed by atoms with E-state index in [1.807, 2.05) is 12.1 Å². The number of nitrogens with one attached hydrogen (secondary N) is 2. The van der Waals surface area contributed by atoms with Crippen LogP contribution in [0.3, 0.4) is 0 Å². The third-order valence-electron chi connectivity index (χ3n) is 2.62. The van der Waals surface area contributed by atoms with Gasteiger partial charge >= 0.3 is 0 Å². The summed E-state index contributed by atoms with van der Waals surface area (Å²) in [5.74, 6) is 2.51. The van der Waals surface area contributed by atoms with Crippen LogP contribution >= 0.6 is 37.2 Å². The first kappa shape index (κ1) is 19.7. The number of piperidine rings is 1. The number of rotatable bonds is 2. The number of anilines is 1. The van der Waals surface area contributed by atoms with Crippen LogP contribution in [0.5, 0.6) is 0 Å². The van der Waals surface area contributed by atoms with E-state index in [-0.39, 0.29) is 37.2 Å². The van der Waals surface area contributed by atoms with E-state index < -0.39 is 0 Å². The largest absolute Gasteiger partial charge is 0.381 e. The maximum Gasteiger partial charge on any atom is 0.113 e. The van der Waals surface area contributed by atoms with Crippen LogP contribution in [0.2, 0.25) is 0 Å². The molecule has 1 fully saturated rings. The summed E-state index contributed by atoms with van der Waals surface area (Å²) >= 11 is 0. The summed E-state index contributed by atoms with van der Waals surface area (Å²) in [5, 5.41) is 6.80. The Bertz CT molecular complexity index is 356. The van der Waals surface area contributed by atoms with Crippen LogP contribution in [0.1, 0.15) is 18.5 Å². The van der Waals surface area contributed by atoms with Gasteiger partial charge in [-0.25, -0.2) is 4.98 Å². The Kier molecular flexibility index (Phi) is 11.2. The molecule has 3 nitrogen and oxygen atoms in total. The topological polar surface area (TPSA) is 37.0 Å². The summed E-state index contributed by atoms with van der Waals surface area (Å²) in [4.78, 5) is 4.15. The van der Waals surface area contributed by atoms with Crippen molar-refractivity contribution in [3.05, 3.63) is 24.0 Å². The predicted octanol–water partition coefficient (Wildman–Crippen LogP) is 2.49. The Morgan fingerprint density at radius 3 is 2.39 bits per heavy atom. The van der Waals surface area contributed by atoms with Crippen LogP contribution in [0.4, 0.5) is 5.69 Å². The maximum atomic E-state index is 5.24. The molecule has 0 bridgehead atoms. The highest BCUT2D eigenvalue weighted by molar-refractivity contribution is 5.86. The number of pyridine rings is 1. The number of aromatic nitrogens is 1. The van der Waals surface area contributed by atoms with Crippen molar-refractivity contribution in [2.24, 2.45) is 0 Å². The second-order valence-corrected chi connectivity index (χ2v) is 3.75. The highest BCUT2D eigenvalue weighted by atomic mass is 35.5. The van der Waals surface area contributed by atoms with Crippen LogP contribution in [-0.4, -0.2) is 24.1 Å². The highest BCUT2D eigenvalue weighted by Crippen LogP contribution is 2.12. The minimum atomic E-state index is 0. The molecule has 0 unspecified atom stereocenters. The second kappa shape index (κ2) is 10.3. The minimum Gasteiger partial charge on any atom is -0.381 e. The molecule has 18 heavy (non-hydrogen) atoms. The molecule has 1 aliphatic heterocycles. The van der Waals surface area contributed by atoms with Gasteiger partial charge in [0.15, 0.2) is 0 Å². The minimum absolute atomic E-state index is 0. The predicted molar refractivity (Wildman–Crippen MR) is 83.4 cm³/mol. The van der Waals surface area contributed by atoms with Crippen molar-refractivity contribution >= 4 is 42.9 Å². The molecule has 1 aromatic rings. The molecule has 2 N–H and O–H groups in total. The zero-order valence-electron chi connectivity index (χ0n) is 9.89. The lowest BCUT2D eigenvalue weighted by Gasteiger charge is -2.24. The van der Waals surface area contributed by atoms with E-state index in [1.54, 1.807) is 6.20 Å². The molecule has 6 heteroatoms. The SMILES string of the molecule is C#Cc1ccc(NC2CCNCC2)cn1.Cl.Cl.Cl. The molecule has 1 saturated heterocycles. The van der Waals surface area contributed by atoms with Crippen LogP contribution in [-0.2, 0) is 0 Å². The fraction of sp³-hybridized carbons (Fsp3) is 0.417. The van der Waals surface area contributed by atoms with Gasteiger partial charge in [-0.15, -0.1) is 43.6 Å². The van der Waals surface area contributed by atoms with Crippen molar-refractivity contribution in [1.29, 1.82) is 0 Å². The van der Waals surface area contributed by atoms with Gasteiger partial charge < -0.3 is 10.6 Å². The molecule has 0 amide bonds. The van der Waals surface area contributed by atoms with Gasteiger partial charge in [-0.1, -0.05) is 5.92 Å². The molecular formula is C12H18Cl3N3. The Labute approximate surface area is 127 Å². The summed E-state index contributed by atoms with van der Waals surface area (Å²) in [6.45, 7) is 2.18. The molecule has 1 aromatic heterocycles. The second-order valence-electron chi connectivity index (χ2n) is 3.75. The Hall–Kier alpha value is -0.660. The third kappa shape index (κ3) is 5.79. The van der Waals surface area contributed by atoms with Gasteiger partial charge in [0.25, 0.3) is 0 Å². The number of hydrogen-bond acceptors (Lipinski definition) is 3. The number of terminal acetylenes is 1. The van der Waals surface area contributed by atoms with Gasteiger partial charge in [-0.2, -0.15) is 0 Å². The molecule has 1 aliphatic rings. The van der Waals surface area contributed by atoms with Gasteiger partial charge in [-0.05, 0) is 38.1 Å². The van der Waals surface area contributed by atoms with Gasteiger partial charge in [0.1, 0.15) is 5.69 Å². The molecule has 0 spiro atoms. The first-order chi connectivity index (χ1) is 7.38. The Morgan fingerprint density at radius 2 is 1.89 bits per heavy atom. The third-order valence-corrected chi connectivity index (χ3v) is 2.62. The standard InChI is InChI=1S/C12H15N3.3ClH/c1-2-10-3-4-12(9-14-10)15-11-5-7-13-8-6-11;;;/h1,3-4,9,11,13,15H,5-8H2;3*1H. The molecule has 0 saturated carbocycles. The summed E-state index contributed by atoms with van der Waals surface area (Å²) in [6.07, 6.45) is 9.37. The van der Waals surface area contributed by atoms with E-state index >= 15 is 0 Å². The Balaban J connectivity index is 0. The van der Waals surface area contributed by atoms with Crippen molar-refractivity contribution in [2.45, 2.75) is 18.9 Å². The summed E-state index contributed by atoms with van der Waals surface area (Å²) in [6, 6.07) is 4.41. The molecule has 0 radical (unpaired) electrons. The smallest absolute Gasteiger partial charge is 0.113 e. The quantitative estimate of drug-likeness (QED) is 0.824. The van der Waals surface area contributed by atoms with E-state index in [9.17, 15) is 0 Å². The lowest BCUT2D eigenvalue weighted by molar-refractivity contribution is 0.479. The molecule has 0 aromatic carbocycles. The fourth-order valence-electron chi connectivity index (χ4n) is 1.77. The van der Waals surface area contributed by atoms with Crippen molar-refractivity contribution in [3.63, 3.8) is 0 Å². The van der Waals surface area contributed by atoms with E-state index in [0.29, 0.717) is 11.7 Å². The summed E-state index contributed by atoms with van der Waals surface area (Å²) < 4.78 is 0. The molecule has 2 heterocycles. The number of halogens is 3. The van der Waals surface area contributed by atoms with Crippen molar-refractivity contribution in [2.75, 3.05) is 18.4 Å². The molecular weight excluding hydrogens is 293 g/mol. The average Bonchev–Trinajstić information content (AvgIpc) is 2.31. The van der Waals surface area contributed by atoms with Crippen LogP contribution < -0.4 is 10.6 Å². The van der Waals surface area contributed by atoms with Crippen molar-refractivity contribution in [3.8, 4) is 12.3 Å². The summed E-state index contributed by atoms with van der Waals surface area (Å²) in [5.41, 5.74) is 1.74. The monoisotopic (exact) mass is 309 g/mol. The normalized spacial score (nSPS) is 14.2. The van der Waals surface area contributed by atoms with Crippen LogP contribution in [0.25, 0.3) is 0 Å². The molecule has 102 valence electrons.